The molecule has 1 aromatic heterocycles. The van der Waals surface area contributed by atoms with Crippen molar-refractivity contribution < 1.29 is 4.57 Å². The topological polar surface area (TPSA) is 3.88 Å². The number of benzene rings is 1. The summed E-state index contributed by atoms with van der Waals surface area (Å²) in [6.45, 7) is 20.5. The van der Waals surface area contributed by atoms with Crippen molar-refractivity contribution in [3.63, 3.8) is 0 Å². The summed E-state index contributed by atoms with van der Waals surface area (Å²) < 4.78 is 2.42. The Balaban J connectivity index is 2.75. The fourth-order valence-electron chi connectivity index (χ4n) is 4.08. The molecule has 1 nitrogen and oxygen atoms in total. The fraction of sp³-hybridized carbons (Fsp3) is 0.522. The Bertz CT molecular complexity index is 781. The molecule has 2 rings (SSSR count). The number of pyridine rings is 1. The molecule has 0 spiro atoms. The van der Waals surface area contributed by atoms with Crippen LogP contribution in [0.1, 0.15) is 68.4 Å². The Morgan fingerprint density at radius 2 is 1.00 bits per heavy atom. The van der Waals surface area contributed by atoms with E-state index in [9.17, 15) is 0 Å². The summed E-state index contributed by atoms with van der Waals surface area (Å²) in [6.07, 6.45) is 2.12. The summed E-state index contributed by atoms with van der Waals surface area (Å²) in [5, 5.41) is 0. The quantitative estimate of drug-likeness (QED) is 0.689. The van der Waals surface area contributed by atoms with Gasteiger partial charge in [-0.05, 0) is 93.8 Å². The highest BCUT2D eigenvalue weighted by Gasteiger charge is 2.23. The van der Waals surface area contributed by atoms with E-state index in [2.05, 4.69) is 73.9 Å². The smallest absolute Gasteiger partial charge is 0.189 e. The first-order valence-electron chi connectivity index (χ1n) is 9.16. The maximum atomic E-state index is 2.42. The molecule has 0 unspecified atom stereocenters. The van der Waals surface area contributed by atoms with Gasteiger partial charge >= 0.3 is 0 Å². The van der Waals surface area contributed by atoms with Crippen molar-refractivity contribution in [1.82, 2.24) is 0 Å². The van der Waals surface area contributed by atoms with E-state index in [-0.39, 0.29) is 0 Å². The Morgan fingerprint density at radius 1 is 0.583 bits per heavy atom. The lowest BCUT2D eigenvalue weighted by Gasteiger charge is -2.20. The Hall–Kier alpha value is -1.63. The number of hydrogen-bond acceptors (Lipinski definition) is 0. The summed E-state index contributed by atoms with van der Waals surface area (Å²) in [4.78, 5) is 0. The van der Waals surface area contributed by atoms with Crippen LogP contribution in [0.5, 0.6) is 0 Å². The molecule has 0 amide bonds. The average Bonchev–Trinajstić information content (AvgIpc) is 2.57. The standard InChI is InChI=1S/C23H34N/c1-11-21-19(8)16(5)20(9)24(10)23(21)12-22-17(6)14(3)13(2)15(4)18(22)7/h11-12H2,1-10H3/q+1. The predicted octanol–water partition coefficient (Wildman–Crippen LogP) is 5.13. The molecule has 0 fully saturated rings. The second-order valence-corrected chi connectivity index (χ2v) is 7.45. The molecule has 2 aromatic rings. The Labute approximate surface area is 148 Å². The van der Waals surface area contributed by atoms with Crippen molar-refractivity contribution in [3.05, 3.63) is 61.5 Å². The average molecular weight is 325 g/mol. The van der Waals surface area contributed by atoms with Gasteiger partial charge in [0.2, 0.25) is 0 Å². The zero-order chi connectivity index (χ0) is 18.3. The third kappa shape index (κ3) is 2.79. The highest BCUT2D eigenvalue weighted by atomic mass is 14.9. The molecule has 0 saturated carbocycles. The zero-order valence-electron chi connectivity index (χ0n) is 17.4. The highest BCUT2D eigenvalue weighted by Crippen LogP contribution is 2.29. The monoisotopic (exact) mass is 324 g/mol. The predicted molar refractivity (Wildman–Crippen MR) is 104 cm³/mol. The van der Waals surface area contributed by atoms with E-state index >= 15 is 0 Å². The lowest BCUT2D eigenvalue weighted by molar-refractivity contribution is -0.685. The molecule has 1 aromatic carbocycles. The SMILES string of the molecule is CCc1c(C)c(C)c(C)[n+](C)c1Cc1c(C)c(C)c(C)c(C)c1C. The summed E-state index contributed by atoms with van der Waals surface area (Å²) >= 11 is 0. The molecule has 130 valence electrons. The molecule has 1 heteroatoms. The lowest BCUT2D eigenvalue weighted by Crippen LogP contribution is -2.40. The number of nitrogens with zero attached hydrogens (tertiary/aromatic N) is 1. The first kappa shape index (κ1) is 18.7. The van der Waals surface area contributed by atoms with Crippen molar-refractivity contribution >= 4 is 0 Å². The van der Waals surface area contributed by atoms with Crippen LogP contribution in [0.15, 0.2) is 0 Å². The number of hydrogen-bond donors (Lipinski definition) is 0. The third-order valence-corrected chi connectivity index (χ3v) is 6.67. The summed E-state index contributed by atoms with van der Waals surface area (Å²) in [5.41, 5.74) is 16.1. The van der Waals surface area contributed by atoms with Gasteiger partial charge in [0.25, 0.3) is 0 Å². The van der Waals surface area contributed by atoms with Gasteiger partial charge in [-0.3, -0.25) is 0 Å². The lowest BCUT2D eigenvalue weighted by atomic mass is 9.86. The van der Waals surface area contributed by atoms with E-state index < -0.39 is 0 Å². The number of aromatic nitrogens is 1. The van der Waals surface area contributed by atoms with Gasteiger partial charge in [0.1, 0.15) is 7.05 Å². The molecule has 0 aliphatic rings. The van der Waals surface area contributed by atoms with Gasteiger partial charge in [-0.2, -0.15) is 0 Å². The maximum absolute atomic E-state index is 2.42. The molecule has 0 radical (unpaired) electrons. The number of rotatable bonds is 3. The van der Waals surface area contributed by atoms with Crippen molar-refractivity contribution in [2.75, 3.05) is 0 Å². The fourth-order valence-corrected chi connectivity index (χ4v) is 4.08. The summed E-state index contributed by atoms with van der Waals surface area (Å²) in [7, 11) is 2.23. The molecule has 0 N–H and O–H groups in total. The van der Waals surface area contributed by atoms with Crippen LogP contribution in [-0.2, 0) is 19.9 Å². The molecule has 0 bridgehead atoms. The van der Waals surface area contributed by atoms with E-state index in [1.54, 1.807) is 0 Å². The Kier molecular flexibility index (Phi) is 5.22. The molecular weight excluding hydrogens is 290 g/mol. The van der Waals surface area contributed by atoms with E-state index in [1.807, 2.05) is 0 Å². The third-order valence-electron chi connectivity index (χ3n) is 6.67. The van der Waals surface area contributed by atoms with Crippen LogP contribution in [0.2, 0.25) is 0 Å². The van der Waals surface area contributed by atoms with Gasteiger partial charge in [0.05, 0.1) is 6.42 Å². The van der Waals surface area contributed by atoms with Gasteiger partial charge in [-0.25, -0.2) is 4.57 Å². The van der Waals surface area contributed by atoms with Crippen molar-refractivity contribution in [2.45, 2.75) is 75.2 Å². The molecule has 0 saturated heterocycles. The molecular formula is C23H34N+. The molecule has 1 heterocycles. The minimum Gasteiger partial charge on any atom is -0.202 e. The van der Waals surface area contributed by atoms with Crippen LogP contribution in [0.25, 0.3) is 0 Å². The van der Waals surface area contributed by atoms with E-state index in [0.717, 1.165) is 12.8 Å². The minimum absolute atomic E-state index is 1.03. The van der Waals surface area contributed by atoms with Crippen LogP contribution in [0.3, 0.4) is 0 Å². The van der Waals surface area contributed by atoms with Gasteiger partial charge in [0, 0.05) is 18.1 Å². The van der Waals surface area contributed by atoms with E-state index in [0.29, 0.717) is 0 Å². The van der Waals surface area contributed by atoms with Crippen molar-refractivity contribution in [2.24, 2.45) is 7.05 Å². The van der Waals surface area contributed by atoms with Gasteiger partial charge in [-0.15, -0.1) is 0 Å². The Morgan fingerprint density at radius 3 is 1.46 bits per heavy atom. The summed E-state index contributed by atoms with van der Waals surface area (Å²) in [6, 6.07) is 0. The van der Waals surface area contributed by atoms with Gasteiger partial charge in [-0.1, -0.05) is 6.92 Å². The molecule has 0 aliphatic carbocycles. The van der Waals surface area contributed by atoms with Crippen LogP contribution < -0.4 is 4.57 Å². The molecule has 0 atom stereocenters. The van der Waals surface area contributed by atoms with E-state index in [1.165, 1.54) is 61.5 Å². The van der Waals surface area contributed by atoms with Gasteiger partial charge in [0.15, 0.2) is 11.4 Å². The second-order valence-electron chi connectivity index (χ2n) is 7.45. The van der Waals surface area contributed by atoms with Crippen LogP contribution in [0, 0.1) is 55.4 Å². The van der Waals surface area contributed by atoms with Gasteiger partial charge < -0.3 is 0 Å². The highest BCUT2D eigenvalue weighted by molar-refractivity contribution is 5.51. The largest absolute Gasteiger partial charge is 0.202 e. The second kappa shape index (κ2) is 6.70. The maximum Gasteiger partial charge on any atom is 0.189 e. The zero-order valence-corrected chi connectivity index (χ0v) is 17.4. The minimum atomic E-state index is 1.03. The van der Waals surface area contributed by atoms with Crippen molar-refractivity contribution in [1.29, 1.82) is 0 Å². The van der Waals surface area contributed by atoms with Crippen LogP contribution in [-0.4, -0.2) is 0 Å². The van der Waals surface area contributed by atoms with Crippen LogP contribution >= 0.6 is 0 Å². The van der Waals surface area contributed by atoms with Crippen LogP contribution in [0.4, 0.5) is 0 Å². The molecule has 0 aliphatic heterocycles. The summed E-state index contributed by atoms with van der Waals surface area (Å²) in [5.74, 6) is 0. The first-order chi connectivity index (χ1) is 11.1. The first-order valence-corrected chi connectivity index (χ1v) is 9.16. The molecule has 24 heavy (non-hydrogen) atoms. The normalized spacial score (nSPS) is 11.2. The van der Waals surface area contributed by atoms with Crippen molar-refractivity contribution in [3.8, 4) is 0 Å². The van der Waals surface area contributed by atoms with E-state index in [4.69, 9.17) is 0 Å².